The van der Waals surface area contributed by atoms with Crippen LogP contribution >= 0.6 is 11.3 Å². The van der Waals surface area contributed by atoms with E-state index in [2.05, 4.69) is 17.5 Å². The van der Waals surface area contributed by atoms with Gasteiger partial charge in [-0.15, -0.1) is 11.3 Å². The van der Waals surface area contributed by atoms with Gasteiger partial charge in [-0.3, -0.25) is 4.79 Å². The minimum Gasteiger partial charge on any atom is -0.297 e. The van der Waals surface area contributed by atoms with Gasteiger partial charge < -0.3 is 0 Å². The highest BCUT2D eigenvalue weighted by Crippen LogP contribution is 2.38. The number of aldehydes is 1. The molecule has 92 valence electrons. The molecule has 0 amide bonds. The smallest absolute Gasteiger partial charge is 0.160 e. The second kappa shape index (κ2) is 5.21. The van der Waals surface area contributed by atoms with Crippen LogP contribution in [0.15, 0.2) is 66.0 Å². The molecule has 1 heterocycles. The Morgan fingerprint density at radius 3 is 1.95 bits per heavy atom. The van der Waals surface area contributed by atoms with Crippen molar-refractivity contribution >= 4 is 17.6 Å². The Morgan fingerprint density at radius 2 is 1.37 bits per heavy atom. The molecule has 2 aromatic carbocycles. The number of hydrogen-bond donors (Lipinski definition) is 0. The maximum Gasteiger partial charge on any atom is 0.160 e. The van der Waals surface area contributed by atoms with Crippen LogP contribution in [0.2, 0.25) is 0 Å². The number of carbonyl (C=O) groups is 1. The van der Waals surface area contributed by atoms with Crippen LogP contribution in [0, 0.1) is 0 Å². The maximum absolute atomic E-state index is 11.3. The third-order valence-electron chi connectivity index (χ3n) is 3.07. The van der Waals surface area contributed by atoms with E-state index >= 15 is 0 Å². The summed E-state index contributed by atoms with van der Waals surface area (Å²) in [6, 6.07) is 20.2. The predicted molar refractivity (Wildman–Crippen MR) is 80.6 cm³/mol. The van der Waals surface area contributed by atoms with Crippen molar-refractivity contribution in [3.05, 3.63) is 70.9 Å². The van der Waals surface area contributed by atoms with Gasteiger partial charge in [0.2, 0.25) is 0 Å². The molecule has 1 aromatic heterocycles. The minimum atomic E-state index is 0.782. The molecular formula is C17H12OS. The number of rotatable bonds is 3. The predicted octanol–water partition coefficient (Wildman–Crippen LogP) is 4.89. The van der Waals surface area contributed by atoms with Gasteiger partial charge in [-0.2, -0.15) is 0 Å². The Morgan fingerprint density at radius 1 is 0.789 bits per heavy atom. The SMILES string of the molecule is O=Cc1scc(-c2ccccc2)c1-c1ccccc1. The maximum atomic E-state index is 11.3. The van der Waals surface area contributed by atoms with Crippen LogP contribution in [0.4, 0.5) is 0 Å². The summed E-state index contributed by atoms with van der Waals surface area (Å²) in [4.78, 5) is 12.0. The van der Waals surface area contributed by atoms with E-state index in [-0.39, 0.29) is 0 Å². The van der Waals surface area contributed by atoms with Crippen LogP contribution in [-0.4, -0.2) is 6.29 Å². The lowest BCUT2D eigenvalue weighted by molar-refractivity contribution is 0.112. The van der Waals surface area contributed by atoms with E-state index in [1.807, 2.05) is 48.5 Å². The molecule has 0 saturated heterocycles. The van der Waals surface area contributed by atoms with Crippen LogP contribution in [0.5, 0.6) is 0 Å². The van der Waals surface area contributed by atoms with Crippen molar-refractivity contribution in [2.45, 2.75) is 0 Å². The molecule has 0 aliphatic heterocycles. The molecule has 0 aliphatic carbocycles. The highest BCUT2D eigenvalue weighted by atomic mass is 32.1. The van der Waals surface area contributed by atoms with E-state index in [0.717, 1.165) is 33.4 Å². The summed E-state index contributed by atoms with van der Waals surface area (Å²) >= 11 is 1.50. The average Bonchev–Trinajstić information content (AvgIpc) is 2.93. The highest BCUT2D eigenvalue weighted by Gasteiger charge is 2.14. The first-order valence-corrected chi connectivity index (χ1v) is 6.95. The van der Waals surface area contributed by atoms with Crippen molar-refractivity contribution in [3.8, 4) is 22.3 Å². The zero-order chi connectivity index (χ0) is 13.1. The fourth-order valence-electron chi connectivity index (χ4n) is 2.19. The van der Waals surface area contributed by atoms with E-state index in [1.54, 1.807) is 0 Å². The van der Waals surface area contributed by atoms with Gasteiger partial charge in [0, 0.05) is 11.1 Å². The lowest BCUT2D eigenvalue weighted by Gasteiger charge is -2.05. The van der Waals surface area contributed by atoms with Gasteiger partial charge in [-0.25, -0.2) is 0 Å². The molecule has 3 rings (SSSR count). The standard InChI is InChI=1S/C17H12OS/c18-11-16-17(14-9-5-2-6-10-14)15(12-19-16)13-7-3-1-4-8-13/h1-12H. The van der Waals surface area contributed by atoms with Crippen molar-refractivity contribution in [3.63, 3.8) is 0 Å². The number of thiophene rings is 1. The van der Waals surface area contributed by atoms with Gasteiger partial charge in [-0.1, -0.05) is 60.7 Å². The van der Waals surface area contributed by atoms with Crippen LogP contribution in [0.1, 0.15) is 9.67 Å². The van der Waals surface area contributed by atoms with Crippen LogP contribution < -0.4 is 0 Å². The monoisotopic (exact) mass is 264 g/mol. The zero-order valence-electron chi connectivity index (χ0n) is 10.2. The Labute approximate surface area is 116 Å². The topological polar surface area (TPSA) is 17.1 Å². The largest absolute Gasteiger partial charge is 0.297 e. The third kappa shape index (κ3) is 2.23. The summed E-state index contributed by atoms with van der Waals surface area (Å²) in [5.41, 5.74) is 4.39. The molecule has 0 saturated carbocycles. The van der Waals surface area contributed by atoms with Gasteiger partial charge in [-0.05, 0) is 16.5 Å². The number of benzene rings is 2. The van der Waals surface area contributed by atoms with E-state index in [4.69, 9.17) is 0 Å². The summed E-state index contributed by atoms with van der Waals surface area (Å²) < 4.78 is 0. The van der Waals surface area contributed by atoms with Gasteiger partial charge in [0.05, 0.1) is 4.88 Å². The van der Waals surface area contributed by atoms with Gasteiger partial charge >= 0.3 is 0 Å². The second-order valence-corrected chi connectivity index (χ2v) is 5.15. The van der Waals surface area contributed by atoms with Crippen molar-refractivity contribution in [1.29, 1.82) is 0 Å². The molecule has 0 aliphatic rings. The summed E-state index contributed by atoms with van der Waals surface area (Å²) in [5.74, 6) is 0. The first-order valence-electron chi connectivity index (χ1n) is 6.07. The Balaban J connectivity index is 2.23. The fourth-order valence-corrected chi connectivity index (χ4v) is 3.09. The van der Waals surface area contributed by atoms with Crippen molar-refractivity contribution in [2.24, 2.45) is 0 Å². The molecule has 0 N–H and O–H groups in total. The Bertz CT molecular complexity index is 684. The van der Waals surface area contributed by atoms with Crippen LogP contribution in [0.3, 0.4) is 0 Å². The van der Waals surface area contributed by atoms with Gasteiger partial charge in [0.25, 0.3) is 0 Å². The number of carbonyl (C=O) groups excluding carboxylic acids is 1. The Hall–Kier alpha value is -2.19. The molecule has 1 nitrogen and oxygen atoms in total. The van der Waals surface area contributed by atoms with E-state index in [0.29, 0.717) is 0 Å². The average molecular weight is 264 g/mol. The van der Waals surface area contributed by atoms with Crippen molar-refractivity contribution < 1.29 is 4.79 Å². The lowest BCUT2D eigenvalue weighted by atomic mass is 9.97. The zero-order valence-corrected chi connectivity index (χ0v) is 11.1. The van der Waals surface area contributed by atoms with Crippen LogP contribution in [0.25, 0.3) is 22.3 Å². The van der Waals surface area contributed by atoms with Crippen molar-refractivity contribution in [2.75, 3.05) is 0 Å². The summed E-state index contributed by atoms with van der Waals surface area (Å²) in [7, 11) is 0. The van der Waals surface area contributed by atoms with Crippen molar-refractivity contribution in [1.82, 2.24) is 0 Å². The van der Waals surface area contributed by atoms with E-state index in [9.17, 15) is 4.79 Å². The van der Waals surface area contributed by atoms with Crippen LogP contribution in [-0.2, 0) is 0 Å². The fraction of sp³-hybridized carbons (Fsp3) is 0. The molecule has 0 fully saturated rings. The third-order valence-corrected chi connectivity index (χ3v) is 3.98. The quantitative estimate of drug-likeness (QED) is 0.615. The van der Waals surface area contributed by atoms with Gasteiger partial charge in [0.15, 0.2) is 6.29 Å². The van der Waals surface area contributed by atoms with Gasteiger partial charge in [0.1, 0.15) is 0 Å². The molecule has 0 spiro atoms. The molecule has 0 radical (unpaired) electrons. The minimum absolute atomic E-state index is 0.782. The first kappa shape index (κ1) is 11.9. The molecular weight excluding hydrogens is 252 g/mol. The molecule has 0 bridgehead atoms. The Kier molecular flexibility index (Phi) is 3.25. The molecule has 3 aromatic rings. The summed E-state index contributed by atoms with van der Waals surface area (Å²) in [5, 5.41) is 2.06. The van der Waals surface area contributed by atoms with E-state index in [1.165, 1.54) is 11.3 Å². The molecule has 0 unspecified atom stereocenters. The molecule has 2 heteroatoms. The normalized spacial score (nSPS) is 10.3. The van der Waals surface area contributed by atoms with E-state index < -0.39 is 0 Å². The number of hydrogen-bond acceptors (Lipinski definition) is 2. The highest BCUT2D eigenvalue weighted by molar-refractivity contribution is 7.12. The second-order valence-electron chi connectivity index (χ2n) is 4.24. The molecule has 19 heavy (non-hydrogen) atoms. The lowest BCUT2D eigenvalue weighted by Crippen LogP contribution is -1.84. The summed E-state index contributed by atoms with van der Waals surface area (Å²) in [6.07, 6.45) is 0.944. The molecule has 0 atom stereocenters. The first-order chi connectivity index (χ1) is 9.40. The summed E-state index contributed by atoms with van der Waals surface area (Å²) in [6.45, 7) is 0.